The van der Waals surface area contributed by atoms with Crippen molar-refractivity contribution in [3.63, 3.8) is 0 Å². The van der Waals surface area contributed by atoms with Crippen molar-refractivity contribution in [3.05, 3.63) is 0 Å². The van der Waals surface area contributed by atoms with Gasteiger partial charge in [0, 0.05) is 85.9 Å². The molecule has 0 spiro atoms. The van der Waals surface area contributed by atoms with E-state index in [1.165, 1.54) is 90.1 Å². The molecule has 0 bridgehead atoms. The standard InChI is InChI=1S/C14H28.C12H25N.I2.Y.2H2/c1-5-7-12-9-13(8-6-2)11-14(3,4)10-12;1-4-6-11-8-12(7-5-2)10-13(3)9-11;1-2;;;/h12-13H,5-11H2,1-4H3;11-12H,4-10H2,1-3H3;;;2*1H. The molecule has 1 saturated heterocycles. The van der Waals surface area contributed by atoms with Crippen LogP contribution < -0.4 is 0 Å². The van der Waals surface area contributed by atoms with Gasteiger partial charge in [0.25, 0.3) is 0 Å². The molecule has 4 unspecified atom stereocenters. The van der Waals surface area contributed by atoms with Crippen molar-refractivity contribution >= 4 is 37.2 Å². The number of halogens is 2. The second-order valence-corrected chi connectivity index (χ2v) is 10.9. The molecule has 1 saturated carbocycles. The molecule has 30 heavy (non-hydrogen) atoms. The molecule has 4 heteroatoms. The Morgan fingerprint density at radius 2 is 1.00 bits per heavy atom. The molecular formula is C26H57I2NY. The number of nitrogens with zero attached hydrogens (tertiary/aromatic N) is 1. The van der Waals surface area contributed by atoms with Crippen LogP contribution in [0.5, 0.6) is 0 Å². The summed E-state index contributed by atoms with van der Waals surface area (Å²) in [7, 11) is 2.28. The predicted octanol–water partition coefficient (Wildman–Crippen LogP) is 10.4. The van der Waals surface area contributed by atoms with Gasteiger partial charge in [-0.25, -0.2) is 0 Å². The summed E-state index contributed by atoms with van der Waals surface area (Å²) in [6, 6.07) is 0. The Hall–Kier alpha value is 2.52. The predicted molar refractivity (Wildman–Crippen MR) is 156 cm³/mol. The van der Waals surface area contributed by atoms with E-state index in [2.05, 4.69) is 90.7 Å². The van der Waals surface area contributed by atoms with Crippen molar-refractivity contribution < 1.29 is 35.6 Å². The molecule has 183 valence electrons. The zero-order chi connectivity index (χ0) is 22.3. The molecular weight excluding hydrogens is 669 g/mol. The zero-order valence-corrected chi connectivity index (χ0v) is 28.6. The van der Waals surface area contributed by atoms with Crippen LogP contribution in [0.25, 0.3) is 0 Å². The largest absolute Gasteiger partial charge is 0.306 e. The van der Waals surface area contributed by atoms with E-state index in [1.807, 2.05) is 0 Å². The van der Waals surface area contributed by atoms with E-state index >= 15 is 0 Å². The third kappa shape index (κ3) is 16.2. The van der Waals surface area contributed by atoms with Gasteiger partial charge in [-0.15, -0.1) is 0 Å². The summed E-state index contributed by atoms with van der Waals surface area (Å²) in [5.41, 5.74) is 0.623. The Kier molecular flexibility index (Phi) is 24.1. The van der Waals surface area contributed by atoms with Gasteiger partial charge >= 0.3 is 0 Å². The maximum atomic E-state index is 2.53. The number of rotatable bonds is 8. The molecule has 1 aliphatic carbocycles. The van der Waals surface area contributed by atoms with Crippen molar-refractivity contribution in [1.82, 2.24) is 4.90 Å². The summed E-state index contributed by atoms with van der Waals surface area (Å²) >= 11 is 4.24. The minimum atomic E-state index is 0. The van der Waals surface area contributed by atoms with Crippen LogP contribution in [-0.4, -0.2) is 25.0 Å². The van der Waals surface area contributed by atoms with Gasteiger partial charge in [-0.2, -0.15) is 0 Å². The summed E-state index contributed by atoms with van der Waals surface area (Å²) in [5.74, 6) is 4.03. The summed E-state index contributed by atoms with van der Waals surface area (Å²) < 4.78 is 0. The fraction of sp³-hybridized carbons (Fsp3) is 1.00. The van der Waals surface area contributed by atoms with E-state index in [4.69, 9.17) is 0 Å². The monoisotopic (exact) mass is 726 g/mol. The molecule has 1 nitrogen and oxygen atoms in total. The van der Waals surface area contributed by atoms with E-state index in [0.717, 1.165) is 23.7 Å². The van der Waals surface area contributed by atoms with Crippen LogP contribution in [0.3, 0.4) is 0 Å². The van der Waals surface area contributed by atoms with Crippen LogP contribution in [0.4, 0.5) is 0 Å². The molecule has 0 aromatic carbocycles. The first-order valence-corrected chi connectivity index (χ1v) is 18.9. The second-order valence-electron chi connectivity index (χ2n) is 10.9. The van der Waals surface area contributed by atoms with Gasteiger partial charge in [0.15, 0.2) is 0 Å². The number of piperidine rings is 1. The third-order valence-electron chi connectivity index (χ3n) is 6.94. The van der Waals surface area contributed by atoms with Gasteiger partial charge in [-0.1, -0.05) is 80.1 Å². The molecule has 0 aromatic rings. The molecule has 0 N–H and O–H groups in total. The van der Waals surface area contributed by atoms with Gasteiger partial charge in [-0.3, -0.25) is 0 Å². The molecule has 1 radical (unpaired) electrons. The SMILES string of the molecule is CCCC1CC(CCC)CC(C)(C)C1.CCCC1CC(CCC)CN(C)C1.II.[HH].[HH].[Y]. The maximum absolute atomic E-state index is 2.53. The van der Waals surface area contributed by atoms with E-state index in [1.54, 1.807) is 0 Å². The second kappa shape index (κ2) is 20.9. The van der Waals surface area contributed by atoms with E-state index in [0.29, 0.717) is 5.41 Å². The van der Waals surface area contributed by atoms with Gasteiger partial charge in [0.05, 0.1) is 0 Å². The van der Waals surface area contributed by atoms with Crippen molar-refractivity contribution in [2.45, 2.75) is 119 Å². The number of likely N-dealkylation sites (tertiary alicyclic amines) is 1. The molecule has 2 rings (SSSR count). The Morgan fingerprint density at radius 1 is 0.700 bits per heavy atom. The average molecular weight is 726 g/mol. The van der Waals surface area contributed by atoms with Crippen molar-refractivity contribution in [3.8, 4) is 0 Å². The van der Waals surface area contributed by atoms with Gasteiger partial charge in [0.1, 0.15) is 0 Å². The summed E-state index contributed by atoms with van der Waals surface area (Å²) in [4.78, 5) is 2.53. The van der Waals surface area contributed by atoms with Gasteiger partial charge in [-0.05, 0) is 74.7 Å². The smallest absolute Gasteiger partial charge is 0.000683 e. The minimum absolute atomic E-state index is 0. The summed E-state index contributed by atoms with van der Waals surface area (Å²) in [5, 5.41) is 0. The number of hydrogen-bond acceptors (Lipinski definition) is 1. The van der Waals surface area contributed by atoms with E-state index in [9.17, 15) is 0 Å². The Balaban J connectivity index is -0.000000209. The normalized spacial score (nSPS) is 28.3. The molecule has 4 atom stereocenters. The molecule has 0 amide bonds. The van der Waals surface area contributed by atoms with E-state index < -0.39 is 0 Å². The summed E-state index contributed by atoms with van der Waals surface area (Å²) in [6.45, 7) is 16.9. The van der Waals surface area contributed by atoms with Crippen LogP contribution in [0, 0.1) is 29.1 Å². The first-order chi connectivity index (χ1) is 13.8. The van der Waals surface area contributed by atoms with Crippen LogP contribution in [0.15, 0.2) is 0 Å². The maximum Gasteiger partial charge on any atom is 0.000683 e. The quantitative estimate of drug-likeness (QED) is 0.225. The summed E-state index contributed by atoms with van der Waals surface area (Å²) in [6.07, 6.45) is 17.2. The van der Waals surface area contributed by atoms with Crippen molar-refractivity contribution in [2.24, 2.45) is 29.1 Å². The Bertz CT molecular complexity index is 359. The van der Waals surface area contributed by atoms with Crippen LogP contribution >= 0.6 is 37.2 Å². The van der Waals surface area contributed by atoms with Crippen LogP contribution in [0.1, 0.15) is 121 Å². The molecule has 1 heterocycles. The van der Waals surface area contributed by atoms with Crippen molar-refractivity contribution in [2.75, 3.05) is 20.1 Å². The zero-order valence-electron chi connectivity index (χ0n) is 21.5. The molecule has 2 aliphatic rings. The fourth-order valence-corrected chi connectivity index (χ4v) is 6.35. The third-order valence-corrected chi connectivity index (χ3v) is 6.94. The topological polar surface area (TPSA) is 3.24 Å². The molecule has 1 aliphatic heterocycles. The average Bonchev–Trinajstić information content (AvgIpc) is 2.63. The first kappa shape index (κ1) is 34.7. The fourth-order valence-electron chi connectivity index (χ4n) is 6.35. The Morgan fingerprint density at radius 3 is 1.33 bits per heavy atom. The minimum Gasteiger partial charge on any atom is -0.306 e. The van der Waals surface area contributed by atoms with Crippen molar-refractivity contribution in [1.29, 1.82) is 0 Å². The first-order valence-electron chi connectivity index (χ1n) is 12.7. The van der Waals surface area contributed by atoms with Gasteiger partial charge < -0.3 is 4.90 Å². The van der Waals surface area contributed by atoms with Crippen LogP contribution in [0.2, 0.25) is 0 Å². The molecule has 0 aromatic heterocycles. The number of hydrogen-bond donors (Lipinski definition) is 0. The molecule has 2 fully saturated rings. The van der Waals surface area contributed by atoms with Crippen LogP contribution in [-0.2, 0) is 32.7 Å². The Labute approximate surface area is 243 Å². The van der Waals surface area contributed by atoms with E-state index in [-0.39, 0.29) is 35.6 Å². The van der Waals surface area contributed by atoms with Gasteiger partial charge in [0.2, 0.25) is 0 Å².